The van der Waals surface area contributed by atoms with E-state index in [1.807, 2.05) is 6.92 Å². The Bertz CT molecular complexity index is 808. The Morgan fingerprint density at radius 3 is 2.35 bits per heavy atom. The summed E-state index contributed by atoms with van der Waals surface area (Å²) in [7, 11) is 1.34. The van der Waals surface area contributed by atoms with Crippen LogP contribution in [0.1, 0.15) is 22.2 Å². The van der Waals surface area contributed by atoms with Crippen molar-refractivity contribution in [3.63, 3.8) is 0 Å². The highest BCUT2D eigenvalue weighted by Crippen LogP contribution is 2.29. The molecule has 0 fully saturated rings. The molecule has 1 aromatic carbocycles. The molecule has 0 amide bonds. The minimum atomic E-state index is -0.417. The second kappa shape index (κ2) is 9.67. The number of aryl methyl sites for hydroxylation is 1. The lowest BCUT2D eigenvalue weighted by atomic mass is 10.2. The number of hydrogen-bond donors (Lipinski definition) is 4. The second-order valence-corrected chi connectivity index (χ2v) is 7.36. The van der Waals surface area contributed by atoms with E-state index >= 15 is 0 Å². The van der Waals surface area contributed by atoms with Gasteiger partial charge < -0.3 is 15.4 Å². The third kappa shape index (κ3) is 5.80. The van der Waals surface area contributed by atoms with Gasteiger partial charge in [-0.2, -0.15) is 0 Å². The van der Waals surface area contributed by atoms with Crippen LogP contribution in [0.2, 0.25) is 5.02 Å². The number of nitrogens with one attached hydrogen (secondary N) is 4. The quantitative estimate of drug-likeness (QED) is 0.331. The maximum absolute atomic E-state index is 11.9. The van der Waals surface area contributed by atoms with Gasteiger partial charge in [0.05, 0.1) is 12.7 Å². The third-order valence-corrected chi connectivity index (χ3v) is 5.01. The van der Waals surface area contributed by atoms with Crippen LogP contribution < -0.4 is 21.5 Å². The van der Waals surface area contributed by atoms with Gasteiger partial charge in [-0.25, -0.2) is 4.79 Å². The molecule has 26 heavy (non-hydrogen) atoms. The predicted octanol–water partition coefficient (Wildman–Crippen LogP) is 3.94. The van der Waals surface area contributed by atoms with E-state index in [-0.39, 0.29) is 5.11 Å². The molecule has 0 saturated carbocycles. The average molecular weight is 429 g/mol. The van der Waals surface area contributed by atoms with E-state index in [0.717, 1.165) is 17.0 Å². The lowest BCUT2D eigenvalue weighted by Gasteiger charge is -2.14. The van der Waals surface area contributed by atoms with Crippen molar-refractivity contribution in [3.05, 3.63) is 45.8 Å². The lowest BCUT2D eigenvalue weighted by Crippen LogP contribution is -2.45. The SMILES string of the molecule is CCc1cc(C(=O)OC)c(NC(=S)NNC(=S)Nc2ccc(Cl)cc2)s1. The van der Waals surface area contributed by atoms with E-state index in [1.165, 1.54) is 18.4 Å². The van der Waals surface area contributed by atoms with Crippen LogP contribution in [0.15, 0.2) is 30.3 Å². The molecule has 10 heteroatoms. The highest BCUT2D eigenvalue weighted by atomic mass is 35.5. The summed E-state index contributed by atoms with van der Waals surface area (Å²) in [5.74, 6) is -0.417. The molecule has 138 valence electrons. The number of thiophene rings is 1. The van der Waals surface area contributed by atoms with Crippen molar-refractivity contribution in [1.82, 2.24) is 10.9 Å². The van der Waals surface area contributed by atoms with Crippen LogP contribution in [0.25, 0.3) is 0 Å². The van der Waals surface area contributed by atoms with Crippen LogP contribution in [0.5, 0.6) is 0 Å². The molecule has 2 aromatic rings. The van der Waals surface area contributed by atoms with Gasteiger partial charge in [-0.1, -0.05) is 18.5 Å². The highest BCUT2D eigenvalue weighted by molar-refractivity contribution is 7.81. The van der Waals surface area contributed by atoms with Gasteiger partial charge >= 0.3 is 5.97 Å². The van der Waals surface area contributed by atoms with Gasteiger partial charge in [0.2, 0.25) is 0 Å². The Morgan fingerprint density at radius 2 is 1.77 bits per heavy atom. The third-order valence-electron chi connectivity index (χ3n) is 3.16. The first-order valence-electron chi connectivity index (χ1n) is 7.53. The van der Waals surface area contributed by atoms with E-state index in [0.29, 0.717) is 20.7 Å². The summed E-state index contributed by atoms with van der Waals surface area (Å²) in [6, 6.07) is 8.90. The van der Waals surface area contributed by atoms with Crippen molar-refractivity contribution in [1.29, 1.82) is 0 Å². The number of carbonyl (C=O) groups is 1. The first-order valence-corrected chi connectivity index (χ1v) is 9.54. The standard InChI is InChI=1S/C16H17ClN4O2S3/c1-3-11-8-12(14(22)23-2)13(26-11)19-16(25)21-20-15(24)18-10-6-4-9(17)5-7-10/h4-8H,3H2,1-2H3,(H2,18,20,24)(H2,19,21,25). The number of rotatable bonds is 4. The normalized spacial score (nSPS) is 9.96. The predicted molar refractivity (Wildman–Crippen MR) is 115 cm³/mol. The molecule has 0 aliphatic rings. The fraction of sp³-hybridized carbons (Fsp3) is 0.188. The maximum Gasteiger partial charge on any atom is 0.340 e. The summed E-state index contributed by atoms with van der Waals surface area (Å²) in [6.45, 7) is 2.01. The van der Waals surface area contributed by atoms with Crippen LogP contribution in [0.4, 0.5) is 10.7 Å². The number of benzene rings is 1. The zero-order chi connectivity index (χ0) is 19.1. The molecule has 1 heterocycles. The van der Waals surface area contributed by atoms with Crippen LogP contribution in [-0.4, -0.2) is 23.3 Å². The zero-order valence-corrected chi connectivity index (χ0v) is 17.2. The molecule has 0 aliphatic carbocycles. The molecule has 0 saturated heterocycles. The van der Waals surface area contributed by atoms with Gasteiger partial charge in [-0.3, -0.25) is 10.9 Å². The summed E-state index contributed by atoms with van der Waals surface area (Å²) in [6.07, 6.45) is 0.809. The summed E-state index contributed by atoms with van der Waals surface area (Å²) in [5.41, 5.74) is 6.77. The van der Waals surface area contributed by atoms with E-state index in [1.54, 1.807) is 30.3 Å². The Balaban J connectivity index is 1.90. The van der Waals surface area contributed by atoms with Gasteiger partial charge in [-0.15, -0.1) is 11.3 Å². The maximum atomic E-state index is 11.9. The smallest absolute Gasteiger partial charge is 0.340 e. The topological polar surface area (TPSA) is 74.4 Å². The number of ether oxygens (including phenoxy) is 1. The number of anilines is 2. The molecule has 0 spiro atoms. The number of halogens is 1. The molecule has 6 nitrogen and oxygen atoms in total. The van der Waals surface area contributed by atoms with Crippen molar-refractivity contribution in [2.24, 2.45) is 0 Å². The minimum absolute atomic E-state index is 0.264. The van der Waals surface area contributed by atoms with E-state index in [4.69, 9.17) is 40.8 Å². The van der Waals surface area contributed by atoms with Crippen LogP contribution in [0, 0.1) is 0 Å². The highest BCUT2D eigenvalue weighted by Gasteiger charge is 2.17. The zero-order valence-electron chi connectivity index (χ0n) is 14.0. The van der Waals surface area contributed by atoms with Crippen molar-refractivity contribution in [3.8, 4) is 0 Å². The van der Waals surface area contributed by atoms with Crippen LogP contribution in [0.3, 0.4) is 0 Å². The van der Waals surface area contributed by atoms with Gasteiger partial charge in [0.25, 0.3) is 0 Å². The fourth-order valence-electron chi connectivity index (χ4n) is 1.91. The van der Waals surface area contributed by atoms with Gasteiger partial charge in [-0.05, 0) is 61.2 Å². The molecule has 4 N–H and O–H groups in total. The first kappa shape index (κ1) is 20.4. The average Bonchev–Trinajstić information content (AvgIpc) is 3.04. The largest absolute Gasteiger partial charge is 0.465 e. The first-order chi connectivity index (χ1) is 12.4. The molecule has 0 aliphatic heterocycles. The minimum Gasteiger partial charge on any atom is -0.465 e. The number of hydrogen-bond acceptors (Lipinski definition) is 5. The van der Waals surface area contributed by atoms with E-state index in [9.17, 15) is 4.79 Å². The van der Waals surface area contributed by atoms with Gasteiger partial charge in [0.1, 0.15) is 5.00 Å². The number of hydrazine groups is 1. The number of esters is 1. The monoisotopic (exact) mass is 428 g/mol. The van der Waals surface area contributed by atoms with Crippen LogP contribution >= 0.6 is 47.4 Å². The summed E-state index contributed by atoms with van der Waals surface area (Å²) in [5, 5.41) is 7.80. The molecule has 1 aromatic heterocycles. The van der Waals surface area contributed by atoms with Crippen molar-refractivity contribution >= 4 is 74.3 Å². The van der Waals surface area contributed by atoms with Crippen molar-refractivity contribution in [2.75, 3.05) is 17.7 Å². The lowest BCUT2D eigenvalue weighted by molar-refractivity contribution is 0.0602. The second-order valence-electron chi connectivity index (χ2n) is 4.97. The molecule has 0 bridgehead atoms. The van der Waals surface area contributed by atoms with Crippen molar-refractivity contribution < 1.29 is 9.53 Å². The van der Waals surface area contributed by atoms with Gasteiger partial charge in [0, 0.05) is 15.6 Å². The number of methoxy groups -OCH3 is 1. The Hall–Kier alpha value is -1.94. The summed E-state index contributed by atoms with van der Waals surface area (Å²) >= 11 is 17.7. The van der Waals surface area contributed by atoms with Crippen molar-refractivity contribution in [2.45, 2.75) is 13.3 Å². The summed E-state index contributed by atoms with van der Waals surface area (Å²) < 4.78 is 4.80. The molecule has 0 unspecified atom stereocenters. The Kier molecular flexibility index (Phi) is 7.58. The molecule has 2 rings (SSSR count). The van der Waals surface area contributed by atoms with Gasteiger partial charge in [0.15, 0.2) is 10.2 Å². The summed E-state index contributed by atoms with van der Waals surface area (Å²) in [4.78, 5) is 12.9. The molecular weight excluding hydrogens is 412 g/mol. The van der Waals surface area contributed by atoms with E-state index < -0.39 is 5.97 Å². The Labute approximate surface area is 171 Å². The van der Waals surface area contributed by atoms with E-state index in [2.05, 4.69) is 21.5 Å². The van der Waals surface area contributed by atoms with Crippen LogP contribution in [-0.2, 0) is 11.2 Å². The number of carbonyl (C=O) groups excluding carboxylic acids is 1. The molecule has 0 radical (unpaired) electrons. The Morgan fingerprint density at radius 1 is 1.15 bits per heavy atom. The fourth-order valence-corrected chi connectivity index (χ4v) is 3.42. The molecular formula is C16H17ClN4O2S3. The number of thiocarbonyl (C=S) groups is 2. The molecule has 0 atom stereocenters.